The van der Waals surface area contributed by atoms with Crippen molar-refractivity contribution in [3.63, 3.8) is 0 Å². The van der Waals surface area contributed by atoms with Crippen LogP contribution in [0.4, 0.5) is 0 Å². The van der Waals surface area contributed by atoms with Crippen molar-refractivity contribution in [2.45, 2.75) is 53.0 Å². The molecular formula is C28H36N2O3. The van der Waals surface area contributed by atoms with Crippen LogP contribution in [0, 0.1) is 11.3 Å². The highest BCUT2D eigenvalue weighted by molar-refractivity contribution is 5.88. The molecule has 3 aromatic rings. The molecule has 1 aliphatic rings. The number of hydrogen-bond acceptors (Lipinski definition) is 3. The largest absolute Gasteiger partial charge is 0.497 e. The SMILES string of the molecule is COc1ccc2[nH]c3c(c2c1)CCN(C(=O)CC(C)CC(C)(C)C)C3c1ccccc1OC. The first-order valence-corrected chi connectivity index (χ1v) is 11.8. The predicted molar refractivity (Wildman–Crippen MR) is 133 cm³/mol. The van der Waals surface area contributed by atoms with Gasteiger partial charge in [-0.3, -0.25) is 4.79 Å². The van der Waals surface area contributed by atoms with Crippen molar-refractivity contribution in [2.75, 3.05) is 20.8 Å². The van der Waals surface area contributed by atoms with Crippen molar-refractivity contribution in [2.24, 2.45) is 11.3 Å². The van der Waals surface area contributed by atoms with E-state index in [1.807, 2.05) is 29.2 Å². The van der Waals surface area contributed by atoms with Gasteiger partial charge in [0.1, 0.15) is 17.5 Å². The number of benzene rings is 2. The maximum Gasteiger partial charge on any atom is 0.223 e. The summed E-state index contributed by atoms with van der Waals surface area (Å²) in [5.74, 6) is 2.16. The second kappa shape index (κ2) is 9.12. The number of nitrogens with zero attached hydrogens (tertiary/aromatic N) is 1. The molecule has 0 radical (unpaired) electrons. The maximum atomic E-state index is 13.7. The molecule has 0 spiro atoms. The normalized spacial score (nSPS) is 17.0. The number of hydrogen-bond donors (Lipinski definition) is 1. The topological polar surface area (TPSA) is 54.6 Å². The van der Waals surface area contributed by atoms with Gasteiger partial charge in [0.25, 0.3) is 0 Å². The number of fused-ring (bicyclic) bond motifs is 3. The summed E-state index contributed by atoms with van der Waals surface area (Å²) < 4.78 is 11.2. The number of carbonyl (C=O) groups excluding carboxylic acids is 1. The monoisotopic (exact) mass is 448 g/mol. The van der Waals surface area contributed by atoms with E-state index in [1.54, 1.807) is 14.2 Å². The molecule has 4 rings (SSSR count). The molecule has 0 bridgehead atoms. The molecule has 0 aliphatic carbocycles. The van der Waals surface area contributed by atoms with Crippen molar-refractivity contribution in [3.05, 3.63) is 59.3 Å². The number of aromatic nitrogens is 1. The van der Waals surface area contributed by atoms with E-state index in [2.05, 4.69) is 50.9 Å². The lowest BCUT2D eigenvalue weighted by molar-refractivity contribution is -0.134. The highest BCUT2D eigenvalue weighted by atomic mass is 16.5. The van der Waals surface area contributed by atoms with Crippen LogP contribution in [-0.4, -0.2) is 36.6 Å². The Morgan fingerprint density at radius 2 is 1.91 bits per heavy atom. The number of methoxy groups -OCH3 is 2. The molecule has 1 amide bonds. The van der Waals surface area contributed by atoms with Gasteiger partial charge in [0, 0.05) is 35.1 Å². The van der Waals surface area contributed by atoms with Crippen LogP contribution in [0.3, 0.4) is 0 Å². The standard InChI is InChI=1S/C28H36N2O3/c1-18(17-28(2,3)4)15-25(31)30-14-13-20-22-16-19(32-5)11-12-23(22)29-26(20)27(30)21-9-7-8-10-24(21)33-6/h7-12,16,18,27,29H,13-15,17H2,1-6H3. The Hall–Kier alpha value is -2.95. The fraction of sp³-hybridized carbons (Fsp3) is 0.464. The fourth-order valence-corrected chi connectivity index (χ4v) is 5.41. The summed E-state index contributed by atoms with van der Waals surface area (Å²) in [7, 11) is 3.38. The first-order valence-electron chi connectivity index (χ1n) is 11.8. The summed E-state index contributed by atoms with van der Waals surface area (Å²) in [4.78, 5) is 19.3. The van der Waals surface area contributed by atoms with Gasteiger partial charge in [-0.25, -0.2) is 0 Å². The third-order valence-electron chi connectivity index (χ3n) is 6.57. The van der Waals surface area contributed by atoms with Gasteiger partial charge < -0.3 is 19.4 Å². The van der Waals surface area contributed by atoms with Crippen LogP contribution in [0.5, 0.6) is 11.5 Å². The average molecular weight is 449 g/mol. The molecular weight excluding hydrogens is 412 g/mol. The first kappa shape index (κ1) is 23.2. The second-order valence-electron chi connectivity index (χ2n) is 10.5. The number of ether oxygens (including phenoxy) is 2. The smallest absolute Gasteiger partial charge is 0.223 e. The third kappa shape index (κ3) is 4.73. The third-order valence-corrected chi connectivity index (χ3v) is 6.57. The Balaban J connectivity index is 1.78. The summed E-state index contributed by atoms with van der Waals surface area (Å²) in [5.41, 5.74) is 4.61. The molecule has 5 nitrogen and oxygen atoms in total. The van der Waals surface area contributed by atoms with E-state index < -0.39 is 0 Å². The number of rotatable bonds is 6. The maximum absolute atomic E-state index is 13.7. The summed E-state index contributed by atoms with van der Waals surface area (Å²) in [6.45, 7) is 9.57. The summed E-state index contributed by atoms with van der Waals surface area (Å²) in [6.07, 6.45) is 2.38. The number of para-hydroxylation sites is 1. The number of aromatic amines is 1. The van der Waals surface area contributed by atoms with Crippen molar-refractivity contribution in [1.29, 1.82) is 0 Å². The van der Waals surface area contributed by atoms with Crippen LogP contribution < -0.4 is 9.47 Å². The predicted octanol–water partition coefficient (Wildman–Crippen LogP) is 6.12. The molecule has 1 N–H and O–H groups in total. The lowest BCUT2D eigenvalue weighted by atomic mass is 9.83. The van der Waals surface area contributed by atoms with E-state index in [9.17, 15) is 4.79 Å². The van der Waals surface area contributed by atoms with Crippen molar-refractivity contribution in [1.82, 2.24) is 9.88 Å². The Kier molecular flexibility index (Phi) is 6.42. The molecule has 0 saturated heterocycles. The quantitative estimate of drug-likeness (QED) is 0.494. The Bertz CT molecular complexity index is 1140. The van der Waals surface area contributed by atoms with Gasteiger partial charge in [-0.15, -0.1) is 0 Å². The molecule has 0 fully saturated rings. The van der Waals surface area contributed by atoms with Crippen LogP contribution in [0.1, 0.15) is 63.4 Å². The van der Waals surface area contributed by atoms with Crippen LogP contribution in [0.25, 0.3) is 10.9 Å². The van der Waals surface area contributed by atoms with Gasteiger partial charge in [-0.1, -0.05) is 45.9 Å². The number of carbonyl (C=O) groups is 1. The lowest BCUT2D eigenvalue weighted by Gasteiger charge is -2.37. The van der Waals surface area contributed by atoms with Gasteiger partial charge in [-0.05, 0) is 54.0 Å². The summed E-state index contributed by atoms with van der Waals surface area (Å²) in [5, 5.41) is 1.16. The van der Waals surface area contributed by atoms with Crippen LogP contribution in [0.2, 0.25) is 0 Å². The molecule has 1 aliphatic heterocycles. The molecule has 0 saturated carbocycles. The minimum atomic E-state index is -0.211. The number of H-pyrrole nitrogens is 1. The molecule has 33 heavy (non-hydrogen) atoms. The van der Waals surface area contributed by atoms with Gasteiger partial charge in [0.15, 0.2) is 0 Å². The van der Waals surface area contributed by atoms with Gasteiger partial charge in [0.2, 0.25) is 5.91 Å². The van der Waals surface area contributed by atoms with Crippen LogP contribution in [0.15, 0.2) is 42.5 Å². The van der Waals surface area contributed by atoms with Gasteiger partial charge in [-0.2, -0.15) is 0 Å². The Labute approximate surface area is 197 Å². The molecule has 5 heteroatoms. The minimum Gasteiger partial charge on any atom is -0.497 e. The number of amides is 1. The van der Waals surface area contributed by atoms with Crippen molar-refractivity contribution in [3.8, 4) is 11.5 Å². The second-order valence-corrected chi connectivity index (χ2v) is 10.5. The lowest BCUT2D eigenvalue weighted by Crippen LogP contribution is -2.41. The van der Waals surface area contributed by atoms with Crippen LogP contribution in [-0.2, 0) is 11.2 Å². The van der Waals surface area contributed by atoms with E-state index in [1.165, 1.54) is 5.56 Å². The fourth-order valence-electron chi connectivity index (χ4n) is 5.41. The van der Waals surface area contributed by atoms with Gasteiger partial charge in [0.05, 0.1) is 14.2 Å². The summed E-state index contributed by atoms with van der Waals surface area (Å²) >= 11 is 0. The van der Waals surface area contributed by atoms with E-state index in [0.717, 1.165) is 46.5 Å². The van der Waals surface area contributed by atoms with E-state index in [0.29, 0.717) is 18.9 Å². The first-order chi connectivity index (χ1) is 15.7. The highest BCUT2D eigenvalue weighted by Gasteiger charge is 2.36. The van der Waals surface area contributed by atoms with Crippen molar-refractivity contribution >= 4 is 16.8 Å². The van der Waals surface area contributed by atoms with Gasteiger partial charge >= 0.3 is 0 Å². The van der Waals surface area contributed by atoms with Crippen molar-refractivity contribution < 1.29 is 14.3 Å². The number of nitrogens with one attached hydrogen (secondary N) is 1. The minimum absolute atomic E-state index is 0.199. The molecule has 2 unspecified atom stereocenters. The zero-order valence-corrected chi connectivity index (χ0v) is 20.7. The Morgan fingerprint density at radius 1 is 1.15 bits per heavy atom. The Morgan fingerprint density at radius 3 is 2.61 bits per heavy atom. The highest BCUT2D eigenvalue weighted by Crippen LogP contribution is 2.42. The molecule has 2 aromatic carbocycles. The molecule has 1 aromatic heterocycles. The molecule has 176 valence electrons. The zero-order valence-electron chi connectivity index (χ0n) is 20.7. The average Bonchev–Trinajstić information content (AvgIpc) is 3.14. The van der Waals surface area contributed by atoms with E-state index >= 15 is 0 Å². The molecule has 2 heterocycles. The zero-order chi connectivity index (χ0) is 23.8. The van der Waals surface area contributed by atoms with E-state index in [-0.39, 0.29) is 17.4 Å². The van der Waals surface area contributed by atoms with Crippen LogP contribution >= 0.6 is 0 Å². The summed E-state index contributed by atoms with van der Waals surface area (Å²) in [6, 6.07) is 13.9. The molecule has 2 atom stereocenters. The van der Waals surface area contributed by atoms with E-state index in [4.69, 9.17) is 9.47 Å².